The quantitative estimate of drug-likeness (QED) is 0.267. The number of imidazole rings is 1. The molecule has 0 aliphatic carbocycles. The van der Waals surface area contributed by atoms with Crippen LogP contribution in [0.4, 0.5) is 23.5 Å². The summed E-state index contributed by atoms with van der Waals surface area (Å²) in [6, 6.07) is 18.6. The lowest BCUT2D eigenvalue weighted by Gasteiger charge is -2.25. The van der Waals surface area contributed by atoms with Crippen LogP contribution in [0, 0.1) is 5.82 Å². The summed E-state index contributed by atoms with van der Waals surface area (Å²) in [7, 11) is 0. The molecule has 11 heteroatoms. The van der Waals surface area contributed by atoms with E-state index in [1.54, 1.807) is 6.20 Å². The maximum Gasteiger partial charge on any atom is 0.416 e. The maximum absolute atomic E-state index is 13.4. The predicted octanol–water partition coefficient (Wildman–Crippen LogP) is 5.96. The fourth-order valence-electron chi connectivity index (χ4n) is 4.59. The number of carbonyl (C=O) groups is 2. The third-order valence-electron chi connectivity index (χ3n) is 6.66. The molecule has 0 spiro atoms. The second-order valence-corrected chi connectivity index (χ2v) is 9.61. The molecule has 2 heterocycles. The van der Waals surface area contributed by atoms with Crippen molar-refractivity contribution < 1.29 is 31.9 Å². The van der Waals surface area contributed by atoms with Crippen LogP contribution in [0.1, 0.15) is 28.8 Å². The largest absolute Gasteiger partial charge is 0.416 e. The molecule has 4 aromatic rings. The molecule has 1 atom stereocenters. The number of benzene rings is 3. The lowest BCUT2D eigenvalue weighted by molar-refractivity contribution is -0.137. The molecule has 1 aromatic heterocycles. The van der Waals surface area contributed by atoms with Crippen molar-refractivity contribution in [3.05, 3.63) is 102 Å². The molecule has 2 amide bonds. The van der Waals surface area contributed by atoms with Crippen LogP contribution in [0.3, 0.4) is 0 Å². The number of anilines is 1. The zero-order chi connectivity index (χ0) is 29.0. The van der Waals surface area contributed by atoms with Crippen LogP contribution in [0.25, 0.3) is 16.9 Å². The summed E-state index contributed by atoms with van der Waals surface area (Å²) in [4.78, 5) is 32.4. The molecule has 1 aliphatic rings. The van der Waals surface area contributed by atoms with E-state index in [2.05, 4.69) is 10.3 Å². The molecule has 212 valence electrons. The van der Waals surface area contributed by atoms with E-state index < -0.39 is 29.4 Å². The fourth-order valence-corrected chi connectivity index (χ4v) is 4.59. The Morgan fingerprint density at radius 2 is 1.71 bits per heavy atom. The Balaban J connectivity index is 1.42. The van der Waals surface area contributed by atoms with Gasteiger partial charge in [0.15, 0.2) is 0 Å². The van der Waals surface area contributed by atoms with Gasteiger partial charge in [-0.1, -0.05) is 30.3 Å². The molecule has 1 saturated heterocycles. The number of aromatic nitrogens is 2. The van der Waals surface area contributed by atoms with Gasteiger partial charge in [0.2, 0.25) is 11.9 Å². The van der Waals surface area contributed by atoms with E-state index in [0.29, 0.717) is 18.0 Å². The number of nitrogens with zero attached hydrogens (tertiary/aromatic N) is 3. The highest BCUT2D eigenvalue weighted by Crippen LogP contribution is 2.31. The molecule has 1 fully saturated rings. The van der Waals surface area contributed by atoms with Crippen molar-refractivity contribution in [1.82, 2.24) is 14.5 Å². The number of hydrogen-bond donors (Lipinski definition) is 1. The third-order valence-corrected chi connectivity index (χ3v) is 6.66. The highest BCUT2D eigenvalue weighted by atomic mass is 19.4. The minimum absolute atomic E-state index is 0.0694. The van der Waals surface area contributed by atoms with Crippen LogP contribution in [0.2, 0.25) is 0 Å². The van der Waals surface area contributed by atoms with Crippen molar-refractivity contribution in [1.29, 1.82) is 0 Å². The average Bonchev–Trinajstić information content (AvgIpc) is 3.63. The summed E-state index contributed by atoms with van der Waals surface area (Å²) >= 11 is 0. The minimum Gasteiger partial charge on any atom is -0.376 e. The van der Waals surface area contributed by atoms with Gasteiger partial charge in [-0.2, -0.15) is 13.2 Å². The van der Waals surface area contributed by atoms with Gasteiger partial charge in [0.25, 0.3) is 5.91 Å². The topological polar surface area (TPSA) is 76.5 Å². The van der Waals surface area contributed by atoms with Crippen LogP contribution in [0.5, 0.6) is 0 Å². The summed E-state index contributed by atoms with van der Waals surface area (Å²) < 4.78 is 60.0. The van der Waals surface area contributed by atoms with E-state index in [1.807, 2.05) is 30.3 Å². The molecular formula is C30H26F4N4O3. The lowest BCUT2D eigenvalue weighted by atomic mass is 10.1. The van der Waals surface area contributed by atoms with Crippen molar-refractivity contribution in [3.63, 3.8) is 0 Å². The van der Waals surface area contributed by atoms with Crippen molar-refractivity contribution >= 4 is 17.8 Å². The molecule has 3 aromatic carbocycles. The van der Waals surface area contributed by atoms with Gasteiger partial charge in [0.05, 0.1) is 17.4 Å². The Kier molecular flexibility index (Phi) is 8.16. The Labute approximate surface area is 233 Å². The highest BCUT2D eigenvalue weighted by molar-refractivity contribution is 5.99. The number of amides is 2. The van der Waals surface area contributed by atoms with Crippen LogP contribution < -0.4 is 5.32 Å². The summed E-state index contributed by atoms with van der Waals surface area (Å²) in [5.41, 5.74) is 0.982. The first-order valence-corrected chi connectivity index (χ1v) is 13.0. The number of carbonyl (C=O) groups excluding carboxylic acids is 2. The van der Waals surface area contributed by atoms with Gasteiger partial charge in [-0.15, -0.1) is 0 Å². The second kappa shape index (κ2) is 11.9. The lowest BCUT2D eigenvalue weighted by Crippen LogP contribution is -2.42. The minimum atomic E-state index is -4.50. The Hall–Kier alpha value is -4.51. The molecule has 7 nitrogen and oxygen atoms in total. The first-order chi connectivity index (χ1) is 19.7. The van der Waals surface area contributed by atoms with Crippen LogP contribution in [0.15, 0.2) is 85.1 Å². The van der Waals surface area contributed by atoms with Gasteiger partial charge in [0.1, 0.15) is 12.4 Å². The summed E-state index contributed by atoms with van der Waals surface area (Å²) in [5.74, 6) is -1.46. The standard InChI is InChI=1S/C30H26F4N4O3/c31-23-12-8-21(9-13-23)28(40)37(17-25-7-4-16-41-25)19-27(39)36-29-35-26(20-5-2-1-3-6-20)18-38(29)24-14-10-22(11-15-24)30(32,33)34/h1-3,5-6,8-15,18,25H,4,7,16-17,19H2,(H,35,36,39)/t25-/m1/s1. The van der Waals surface area contributed by atoms with Gasteiger partial charge in [-0.05, 0) is 61.4 Å². The molecule has 1 aliphatic heterocycles. The van der Waals surface area contributed by atoms with E-state index in [-0.39, 0.29) is 30.7 Å². The fraction of sp³-hybridized carbons (Fsp3) is 0.233. The van der Waals surface area contributed by atoms with Gasteiger partial charge in [-0.3, -0.25) is 19.5 Å². The molecule has 1 N–H and O–H groups in total. The monoisotopic (exact) mass is 566 g/mol. The first-order valence-electron chi connectivity index (χ1n) is 13.0. The SMILES string of the molecule is O=C(CN(C[C@H]1CCCO1)C(=O)c1ccc(F)cc1)Nc1nc(-c2ccccc2)cn1-c1ccc(C(F)(F)F)cc1. The molecule has 0 saturated carbocycles. The number of ether oxygens (including phenoxy) is 1. The van der Waals surface area contributed by atoms with Crippen LogP contribution in [-0.2, 0) is 15.7 Å². The Morgan fingerprint density at radius 3 is 2.34 bits per heavy atom. The van der Waals surface area contributed by atoms with E-state index in [4.69, 9.17) is 4.74 Å². The van der Waals surface area contributed by atoms with E-state index in [9.17, 15) is 27.2 Å². The van der Waals surface area contributed by atoms with Crippen molar-refractivity contribution in [2.75, 3.05) is 25.0 Å². The van der Waals surface area contributed by atoms with Gasteiger partial charge in [0, 0.05) is 36.2 Å². The molecular weight excluding hydrogens is 540 g/mol. The van der Waals surface area contributed by atoms with Crippen molar-refractivity contribution in [2.24, 2.45) is 0 Å². The number of rotatable bonds is 8. The van der Waals surface area contributed by atoms with E-state index >= 15 is 0 Å². The van der Waals surface area contributed by atoms with Gasteiger partial charge >= 0.3 is 6.18 Å². The first kappa shape index (κ1) is 28.0. The average molecular weight is 567 g/mol. The second-order valence-electron chi connectivity index (χ2n) is 9.61. The Bertz CT molecular complexity index is 1500. The predicted molar refractivity (Wildman–Crippen MR) is 144 cm³/mol. The smallest absolute Gasteiger partial charge is 0.376 e. The van der Waals surface area contributed by atoms with Gasteiger partial charge < -0.3 is 9.64 Å². The number of halogens is 4. The number of alkyl halides is 3. The van der Waals surface area contributed by atoms with E-state index in [1.165, 1.54) is 45.9 Å². The zero-order valence-corrected chi connectivity index (χ0v) is 21.8. The van der Waals surface area contributed by atoms with Crippen LogP contribution >= 0.6 is 0 Å². The summed E-state index contributed by atoms with van der Waals surface area (Å²) in [6.45, 7) is 0.366. The van der Waals surface area contributed by atoms with Gasteiger partial charge in [-0.25, -0.2) is 9.37 Å². The number of hydrogen-bond acceptors (Lipinski definition) is 4. The maximum atomic E-state index is 13.4. The van der Waals surface area contributed by atoms with Crippen LogP contribution in [-0.4, -0.2) is 52.1 Å². The van der Waals surface area contributed by atoms with E-state index in [0.717, 1.165) is 30.5 Å². The highest BCUT2D eigenvalue weighted by Gasteiger charge is 2.30. The molecule has 0 unspecified atom stereocenters. The van der Waals surface area contributed by atoms with Crippen molar-refractivity contribution in [2.45, 2.75) is 25.1 Å². The number of nitrogens with one attached hydrogen (secondary N) is 1. The third kappa shape index (κ3) is 6.80. The molecule has 0 bridgehead atoms. The molecule has 5 rings (SSSR count). The normalized spacial score (nSPS) is 15.1. The zero-order valence-electron chi connectivity index (χ0n) is 21.8. The van der Waals surface area contributed by atoms with Crippen molar-refractivity contribution in [3.8, 4) is 16.9 Å². The molecule has 41 heavy (non-hydrogen) atoms. The summed E-state index contributed by atoms with van der Waals surface area (Å²) in [5, 5.41) is 2.71. The Morgan fingerprint density at radius 1 is 1.00 bits per heavy atom. The summed E-state index contributed by atoms with van der Waals surface area (Å²) in [6.07, 6.45) is -1.56. The molecule has 0 radical (unpaired) electrons.